The minimum atomic E-state index is 0.238. The van der Waals surface area contributed by atoms with Gasteiger partial charge in [0.2, 0.25) is 0 Å². The molecule has 1 saturated heterocycles. The van der Waals surface area contributed by atoms with E-state index in [2.05, 4.69) is 77.8 Å². The summed E-state index contributed by atoms with van der Waals surface area (Å²) in [6.45, 7) is 5.53. The molecule has 2 unspecified atom stereocenters. The normalized spacial score (nSPS) is 20.1. The van der Waals surface area contributed by atoms with E-state index in [1.807, 2.05) is 10.7 Å². The van der Waals surface area contributed by atoms with Crippen LogP contribution in [0.5, 0.6) is 5.75 Å². The number of epoxide rings is 1. The Kier molecular flexibility index (Phi) is 6.05. The largest absolute Gasteiger partial charge is 0.490 e. The molecule has 38 heavy (non-hydrogen) atoms. The Balaban J connectivity index is 1.02. The molecule has 2 atom stereocenters. The lowest BCUT2D eigenvalue weighted by atomic mass is 9.78. The first-order chi connectivity index (χ1) is 18.6. The Morgan fingerprint density at radius 1 is 1.11 bits per heavy atom. The Morgan fingerprint density at radius 3 is 2.87 bits per heavy atom. The van der Waals surface area contributed by atoms with Crippen molar-refractivity contribution in [3.63, 3.8) is 0 Å². The standard InChI is InChI=1S/C31H35N5O2/c1-20-17-33-36-29(16-26(34-31(20)36)24-10-4-3-9-23(24)22-7-5-8-22)32-13-6-14-35(2)18-21-11-12-27-25(15-21)30-28(38-30)19-37-27/h3-4,9-12,15-17,22,28,30,32H,5-8,13-14,18-19H2,1-2H3. The van der Waals surface area contributed by atoms with Crippen LogP contribution in [0.3, 0.4) is 0 Å². The summed E-state index contributed by atoms with van der Waals surface area (Å²) in [5.74, 6) is 2.63. The molecule has 2 aliphatic heterocycles. The highest BCUT2D eigenvalue weighted by atomic mass is 16.6. The molecule has 7 nitrogen and oxygen atoms in total. The Bertz CT molecular complexity index is 1480. The van der Waals surface area contributed by atoms with Gasteiger partial charge in [-0.2, -0.15) is 9.61 Å². The summed E-state index contributed by atoms with van der Waals surface area (Å²) in [6, 6.07) is 17.5. The zero-order valence-electron chi connectivity index (χ0n) is 22.2. The van der Waals surface area contributed by atoms with Gasteiger partial charge in [0.25, 0.3) is 0 Å². The summed E-state index contributed by atoms with van der Waals surface area (Å²) in [5.41, 5.74) is 8.23. The van der Waals surface area contributed by atoms with Gasteiger partial charge in [0.1, 0.15) is 30.4 Å². The number of hydrogen-bond donors (Lipinski definition) is 1. The molecule has 2 aromatic heterocycles. The van der Waals surface area contributed by atoms with Crippen molar-refractivity contribution < 1.29 is 9.47 Å². The minimum Gasteiger partial charge on any atom is -0.490 e. The Labute approximate surface area is 223 Å². The van der Waals surface area contributed by atoms with Crippen molar-refractivity contribution in [2.45, 2.75) is 57.3 Å². The number of hydrogen-bond acceptors (Lipinski definition) is 6. The fourth-order valence-corrected chi connectivity index (χ4v) is 5.86. The van der Waals surface area contributed by atoms with Crippen LogP contribution in [0.4, 0.5) is 5.82 Å². The molecule has 1 N–H and O–H groups in total. The van der Waals surface area contributed by atoms with Crippen molar-refractivity contribution in [2.24, 2.45) is 0 Å². The zero-order valence-corrected chi connectivity index (χ0v) is 22.2. The molecule has 7 rings (SSSR count). The molecule has 1 saturated carbocycles. The van der Waals surface area contributed by atoms with Crippen molar-refractivity contribution in [3.8, 4) is 17.0 Å². The van der Waals surface area contributed by atoms with Gasteiger partial charge in [0, 0.05) is 35.8 Å². The summed E-state index contributed by atoms with van der Waals surface area (Å²) >= 11 is 0. The van der Waals surface area contributed by atoms with Gasteiger partial charge in [0.05, 0.1) is 11.9 Å². The monoisotopic (exact) mass is 509 g/mol. The second-order valence-corrected chi connectivity index (χ2v) is 11.1. The van der Waals surface area contributed by atoms with Crippen LogP contribution in [0.1, 0.15) is 60.0 Å². The third-order valence-corrected chi connectivity index (χ3v) is 8.27. The lowest BCUT2D eigenvalue weighted by Crippen LogP contribution is -2.22. The molecule has 1 aliphatic carbocycles. The molecule has 3 aliphatic rings. The molecule has 0 amide bonds. The predicted octanol–water partition coefficient (Wildman–Crippen LogP) is 5.74. The van der Waals surface area contributed by atoms with E-state index in [1.165, 1.54) is 41.5 Å². The zero-order chi connectivity index (χ0) is 25.6. The highest BCUT2D eigenvalue weighted by molar-refractivity contribution is 5.71. The third kappa shape index (κ3) is 4.44. The van der Waals surface area contributed by atoms with Crippen LogP contribution in [0.2, 0.25) is 0 Å². The summed E-state index contributed by atoms with van der Waals surface area (Å²) < 4.78 is 13.5. The lowest BCUT2D eigenvalue weighted by Gasteiger charge is -2.28. The van der Waals surface area contributed by atoms with Crippen LogP contribution >= 0.6 is 0 Å². The van der Waals surface area contributed by atoms with Crippen LogP contribution in [-0.2, 0) is 11.3 Å². The minimum absolute atomic E-state index is 0.238. The fourth-order valence-electron chi connectivity index (χ4n) is 5.86. The van der Waals surface area contributed by atoms with Crippen LogP contribution < -0.4 is 10.1 Å². The molecule has 2 aromatic carbocycles. The number of rotatable bonds is 9. The molecule has 0 spiro atoms. The molecule has 4 aromatic rings. The van der Waals surface area contributed by atoms with E-state index in [0.29, 0.717) is 12.5 Å². The van der Waals surface area contributed by atoms with Gasteiger partial charge in [-0.15, -0.1) is 0 Å². The van der Waals surface area contributed by atoms with E-state index >= 15 is 0 Å². The third-order valence-electron chi connectivity index (χ3n) is 8.27. The molecule has 196 valence electrons. The number of anilines is 1. The quantitative estimate of drug-likeness (QED) is 0.229. The van der Waals surface area contributed by atoms with Gasteiger partial charge in [0.15, 0.2) is 5.65 Å². The molecule has 0 radical (unpaired) electrons. The number of benzene rings is 2. The van der Waals surface area contributed by atoms with E-state index in [9.17, 15) is 0 Å². The predicted molar refractivity (Wildman–Crippen MR) is 149 cm³/mol. The Morgan fingerprint density at radius 2 is 2.00 bits per heavy atom. The molecular weight excluding hydrogens is 474 g/mol. The van der Waals surface area contributed by atoms with E-state index in [1.54, 1.807) is 0 Å². The molecule has 2 fully saturated rings. The Hall–Kier alpha value is -3.42. The number of aryl methyl sites for hydroxylation is 1. The second-order valence-electron chi connectivity index (χ2n) is 11.1. The fraction of sp³-hybridized carbons (Fsp3) is 0.419. The smallest absolute Gasteiger partial charge is 0.160 e. The second kappa shape index (κ2) is 9.71. The first-order valence-electron chi connectivity index (χ1n) is 13.9. The van der Waals surface area contributed by atoms with Gasteiger partial charge in [-0.25, -0.2) is 4.98 Å². The van der Waals surface area contributed by atoms with Crippen molar-refractivity contribution in [1.82, 2.24) is 19.5 Å². The number of aromatic nitrogens is 3. The maximum Gasteiger partial charge on any atom is 0.160 e. The van der Waals surface area contributed by atoms with Crippen molar-refractivity contribution in [1.29, 1.82) is 0 Å². The summed E-state index contributed by atoms with van der Waals surface area (Å²) in [5, 5.41) is 8.27. The maximum absolute atomic E-state index is 5.80. The van der Waals surface area contributed by atoms with Crippen LogP contribution in [0.15, 0.2) is 54.7 Å². The van der Waals surface area contributed by atoms with Crippen molar-refractivity contribution in [2.75, 3.05) is 32.1 Å². The number of ether oxygens (including phenoxy) is 2. The van der Waals surface area contributed by atoms with E-state index < -0.39 is 0 Å². The average molecular weight is 510 g/mol. The highest BCUT2D eigenvalue weighted by Crippen LogP contribution is 2.47. The SMILES string of the molecule is Cc1cnn2c(NCCCN(C)Cc3ccc4c(c3)C3OC3CO4)cc(-c3ccccc3C3CCC3)nc12. The topological polar surface area (TPSA) is 67.2 Å². The van der Waals surface area contributed by atoms with Crippen molar-refractivity contribution >= 4 is 11.5 Å². The molecule has 7 heteroatoms. The van der Waals surface area contributed by atoms with E-state index in [0.717, 1.165) is 54.5 Å². The summed E-state index contributed by atoms with van der Waals surface area (Å²) in [6.07, 6.45) is 7.30. The number of nitrogens with one attached hydrogen (secondary N) is 1. The first kappa shape index (κ1) is 23.7. The maximum atomic E-state index is 5.80. The van der Waals surface area contributed by atoms with Gasteiger partial charge in [-0.1, -0.05) is 36.8 Å². The van der Waals surface area contributed by atoms with Crippen LogP contribution in [-0.4, -0.2) is 52.3 Å². The number of nitrogens with zero attached hydrogens (tertiary/aromatic N) is 4. The highest BCUT2D eigenvalue weighted by Gasteiger charge is 2.45. The molecular formula is C31H35N5O2. The van der Waals surface area contributed by atoms with E-state index in [4.69, 9.17) is 14.5 Å². The summed E-state index contributed by atoms with van der Waals surface area (Å²) in [7, 11) is 2.18. The van der Waals surface area contributed by atoms with Crippen LogP contribution in [0.25, 0.3) is 16.9 Å². The molecule has 4 heterocycles. The van der Waals surface area contributed by atoms with Gasteiger partial charge in [-0.3, -0.25) is 0 Å². The molecule has 0 bridgehead atoms. The summed E-state index contributed by atoms with van der Waals surface area (Å²) in [4.78, 5) is 7.42. The first-order valence-corrected chi connectivity index (χ1v) is 13.9. The van der Waals surface area contributed by atoms with Gasteiger partial charge < -0.3 is 19.7 Å². The van der Waals surface area contributed by atoms with E-state index in [-0.39, 0.29) is 12.2 Å². The van der Waals surface area contributed by atoms with Gasteiger partial charge >= 0.3 is 0 Å². The van der Waals surface area contributed by atoms with Gasteiger partial charge in [-0.05, 0) is 69.0 Å². The van der Waals surface area contributed by atoms with Crippen LogP contribution in [0, 0.1) is 6.92 Å². The number of fused-ring (bicyclic) bond motifs is 4. The van der Waals surface area contributed by atoms with Crippen molar-refractivity contribution in [3.05, 3.63) is 77.0 Å². The lowest BCUT2D eigenvalue weighted by molar-refractivity contribution is 0.267. The average Bonchev–Trinajstić information content (AvgIpc) is 3.61.